The Morgan fingerprint density at radius 2 is 1.96 bits per heavy atom. The lowest BCUT2D eigenvalue weighted by Gasteiger charge is -2.38. The summed E-state index contributed by atoms with van der Waals surface area (Å²) in [5, 5.41) is 12.7. The zero-order valence-corrected chi connectivity index (χ0v) is 13.6. The summed E-state index contributed by atoms with van der Waals surface area (Å²) >= 11 is 0. The van der Waals surface area contributed by atoms with E-state index in [9.17, 15) is 4.79 Å². The molecule has 7 nitrogen and oxygen atoms in total. The van der Waals surface area contributed by atoms with Crippen molar-refractivity contribution in [2.24, 2.45) is 7.05 Å². The van der Waals surface area contributed by atoms with Gasteiger partial charge in [-0.15, -0.1) is 5.10 Å². The molecule has 0 aliphatic carbocycles. The van der Waals surface area contributed by atoms with Crippen LogP contribution in [0, 0.1) is 6.92 Å². The minimum Gasteiger partial charge on any atom is -0.333 e. The molecule has 0 N–H and O–H groups in total. The fourth-order valence-corrected chi connectivity index (χ4v) is 2.81. The first kappa shape index (κ1) is 14.6. The van der Waals surface area contributed by atoms with Crippen LogP contribution in [0.3, 0.4) is 0 Å². The molecular formula is C17H18N6O. The van der Waals surface area contributed by atoms with Gasteiger partial charge in [0.05, 0.1) is 12.2 Å². The lowest BCUT2D eigenvalue weighted by Crippen LogP contribution is -2.51. The largest absolute Gasteiger partial charge is 0.333 e. The molecule has 1 amide bonds. The second-order valence-electron chi connectivity index (χ2n) is 6.11. The minimum atomic E-state index is -0.0293. The number of aromatic nitrogens is 5. The van der Waals surface area contributed by atoms with E-state index in [-0.39, 0.29) is 11.9 Å². The highest BCUT2D eigenvalue weighted by Gasteiger charge is 2.34. The van der Waals surface area contributed by atoms with E-state index in [1.54, 1.807) is 9.58 Å². The monoisotopic (exact) mass is 322 g/mol. The Morgan fingerprint density at radius 3 is 2.62 bits per heavy atom. The lowest BCUT2D eigenvalue weighted by molar-refractivity contribution is 0.0491. The standard InChI is InChI=1S/C17H18N6O/c1-12-8-15(19-21(12)2)17(24)22-9-14(10-22)23-11-16(18-20-23)13-6-4-3-5-7-13/h3-8,11,14H,9-10H2,1-2H3. The molecule has 1 saturated heterocycles. The Balaban J connectivity index is 1.43. The summed E-state index contributed by atoms with van der Waals surface area (Å²) in [4.78, 5) is 14.2. The van der Waals surface area contributed by atoms with Crippen molar-refractivity contribution in [3.05, 3.63) is 54.0 Å². The number of hydrogen-bond donors (Lipinski definition) is 0. The summed E-state index contributed by atoms with van der Waals surface area (Å²) in [6.45, 7) is 3.20. The lowest BCUT2D eigenvalue weighted by atomic mass is 10.1. The first-order chi connectivity index (χ1) is 11.6. The highest BCUT2D eigenvalue weighted by molar-refractivity contribution is 5.93. The molecule has 1 aromatic carbocycles. The molecule has 1 aliphatic heterocycles. The van der Waals surface area contributed by atoms with Gasteiger partial charge in [-0.25, -0.2) is 4.68 Å². The fraction of sp³-hybridized carbons (Fsp3) is 0.294. The number of aryl methyl sites for hydroxylation is 2. The number of hydrogen-bond acceptors (Lipinski definition) is 4. The Morgan fingerprint density at radius 1 is 1.21 bits per heavy atom. The van der Waals surface area contributed by atoms with Gasteiger partial charge in [-0.1, -0.05) is 35.5 Å². The number of carbonyl (C=O) groups excluding carboxylic acids is 1. The predicted molar refractivity (Wildman–Crippen MR) is 88.3 cm³/mol. The molecule has 1 aliphatic rings. The van der Waals surface area contributed by atoms with Crippen LogP contribution in [0.5, 0.6) is 0 Å². The Labute approximate surface area is 139 Å². The molecule has 0 spiro atoms. The van der Waals surface area contributed by atoms with Gasteiger partial charge in [0.15, 0.2) is 5.69 Å². The average molecular weight is 322 g/mol. The summed E-state index contributed by atoms with van der Waals surface area (Å²) in [6.07, 6.45) is 1.94. The van der Waals surface area contributed by atoms with Crippen LogP contribution in [-0.2, 0) is 7.05 Å². The maximum absolute atomic E-state index is 12.4. The predicted octanol–water partition coefficient (Wildman–Crippen LogP) is 1.68. The van der Waals surface area contributed by atoms with E-state index < -0.39 is 0 Å². The molecule has 122 valence electrons. The quantitative estimate of drug-likeness (QED) is 0.736. The number of likely N-dealkylation sites (tertiary alicyclic amines) is 1. The maximum Gasteiger partial charge on any atom is 0.274 e. The Bertz CT molecular complexity index is 856. The van der Waals surface area contributed by atoms with E-state index in [0.29, 0.717) is 18.8 Å². The first-order valence-electron chi connectivity index (χ1n) is 7.89. The highest BCUT2D eigenvalue weighted by Crippen LogP contribution is 2.24. The summed E-state index contributed by atoms with van der Waals surface area (Å²) in [5.41, 5.74) is 3.36. The molecule has 2 aromatic heterocycles. The second kappa shape index (κ2) is 5.59. The third-order valence-electron chi connectivity index (χ3n) is 4.44. The van der Waals surface area contributed by atoms with Gasteiger partial charge in [0.25, 0.3) is 5.91 Å². The number of nitrogens with zero attached hydrogens (tertiary/aromatic N) is 6. The van der Waals surface area contributed by atoms with Crippen molar-refractivity contribution in [1.82, 2.24) is 29.7 Å². The van der Waals surface area contributed by atoms with E-state index in [4.69, 9.17) is 0 Å². The van der Waals surface area contributed by atoms with Crippen LogP contribution in [0.15, 0.2) is 42.6 Å². The average Bonchev–Trinajstić information content (AvgIpc) is 3.15. The van der Waals surface area contributed by atoms with Gasteiger partial charge in [0.2, 0.25) is 0 Å². The van der Waals surface area contributed by atoms with Gasteiger partial charge >= 0.3 is 0 Å². The summed E-state index contributed by atoms with van der Waals surface area (Å²) in [7, 11) is 1.84. The molecule has 3 heterocycles. The normalized spacial score (nSPS) is 14.7. The molecule has 0 atom stereocenters. The van der Waals surface area contributed by atoms with E-state index in [0.717, 1.165) is 17.0 Å². The van der Waals surface area contributed by atoms with Crippen molar-refractivity contribution in [2.75, 3.05) is 13.1 Å². The molecule has 1 fully saturated rings. The fourth-order valence-electron chi connectivity index (χ4n) is 2.81. The van der Waals surface area contributed by atoms with Gasteiger partial charge in [-0.3, -0.25) is 9.48 Å². The zero-order chi connectivity index (χ0) is 16.7. The third-order valence-corrected chi connectivity index (χ3v) is 4.44. The number of benzene rings is 1. The van der Waals surface area contributed by atoms with Crippen LogP contribution in [0.4, 0.5) is 0 Å². The maximum atomic E-state index is 12.4. The van der Waals surface area contributed by atoms with Crippen LogP contribution in [-0.4, -0.2) is 48.7 Å². The van der Waals surface area contributed by atoms with Crippen molar-refractivity contribution in [1.29, 1.82) is 0 Å². The molecule has 3 aromatic rings. The molecule has 0 saturated carbocycles. The highest BCUT2D eigenvalue weighted by atomic mass is 16.2. The Kier molecular flexibility index (Phi) is 3.41. The third kappa shape index (κ3) is 2.47. The van der Waals surface area contributed by atoms with Crippen LogP contribution in [0.2, 0.25) is 0 Å². The molecule has 24 heavy (non-hydrogen) atoms. The second-order valence-corrected chi connectivity index (χ2v) is 6.11. The van der Waals surface area contributed by atoms with E-state index in [1.165, 1.54) is 0 Å². The molecule has 0 bridgehead atoms. The van der Waals surface area contributed by atoms with Gasteiger partial charge in [0, 0.05) is 31.4 Å². The van der Waals surface area contributed by atoms with Gasteiger partial charge in [-0.2, -0.15) is 5.10 Å². The summed E-state index contributed by atoms with van der Waals surface area (Å²) in [6, 6.07) is 11.9. The smallest absolute Gasteiger partial charge is 0.274 e. The molecule has 0 unspecified atom stereocenters. The van der Waals surface area contributed by atoms with Crippen molar-refractivity contribution >= 4 is 5.91 Å². The SMILES string of the molecule is Cc1cc(C(=O)N2CC(n3cc(-c4ccccc4)nn3)C2)nn1C. The van der Waals surface area contributed by atoms with Crippen molar-refractivity contribution in [3.63, 3.8) is 0 Å². The minimum absolute atomic E-state index is 0.0293. The molecule has 7 heteroatoms. The van der Waals surface area contributed by atoms with Crippen LogP contribution >= 0.6 is 0 Å². The van der Waals surface area contributed by atoms with Crippen molar-refractivity contribution in [2.45, 2.75) is 13.0 Å². The summed E-state index contributed by atoms with van der Waals surface area (Å²) < 4.78 is 3.56. The number of rotatable bonds is 3. The van der Waals surface area contributed by atoms with Crippen LogP contribution in [0.1, 0.15) is 22.2 Å². The Hall–Kier alpha value is -2.96. The van der Waals surface area contributed by atoms with Gasteiger partial charge in [-0.05, 0) is 13.0 Å². The summed E-state index contributed by atoms with van der Waals surface area (Å²) in [5.74, 6) is -0.0293. The van der Waals surface area contributed by atoms with E-state index >= 15 is 0 Å². The molecular weight excluding hydrogens is 304 g/mol. The molecule has 4 rings (SSSR count). The van der Waals surface area contributed by atoms with Crippen LogP contribution in [0.25, 0.3) is 11.3 Å². The van der Waals surface area contributed by atoms with Crippen molar-refractivity contribution in [3.8, 4) is 11.3 Å². The van der Waals surface area contributed by atoms with Gasteiger partial charge < -0.3 is 4.90 Å². The topological polar surface area (TPSA) is 68.8 Å². The molecule has 0 radical (unpaired) electrons. The number of carbonyl (C=O) groups is 1. The van der Waals surface area contributed by atoms with E-state index in [2.05, 4.69) is 15.4 Å². The van der Waals surface area contributed by atoms with Gasteiger partial charge in [0.1, 0.15) is 5.69 Å². The van der Waals surface area contributed by atoms with Crippen LogP contribution < -0.4 is 0 Å². The first-order valence-corrected chi connectivity index (χ1v) is 7.89. The van der Waals surface area contributed by atoms with Crippen molar-refractivity contribution < 1.29 is 4.79 Å². The number of amides is 1. The van der Waals surface area contributed by atoms with E-state index in [1.807, 2.05) is 61.2 Å². The zero-order valence-electron chi connectivity index (χ0n) is 13.6.